The lowest BCUT2D eigenvalue weighted by molar-refractivity contribution is -0.375. The number of rotatable bonds is 7. The first-order valence-corrected chi connectivity index (χ1v) is 11.4. The van der Waals surface area contributed by atoms with Gasteiger partial charge >= 0.3 is 18.3 Å². The standard InChI is InChI=1S/C22H32BF6O3/c1-11(2)9-19(12(3)13(4)23-19)18(30)32-17(16-8-14-5-6-15(16)7-14)10-20(31,21(24,25)26)22(27,28)29/h11-17,31H,5-10H2,1-4H3. The van der Waals surface area contributed by atoms with Gasteiger partial charge in [-0.05, 0) is 55.3 Å². The lowest BCUT2D eigenvalue weighted by Crippen LogP contribution is -2.60. The van der Waals surface area contributed by atoms with Crippen molar-refractivity contribution in [2.75, 3.05) is 0 Å². The average Bonchev–Trinajstić information content (AvgIpc) is 3.27. The predicted octanol–water partition coefficient (Wildman–Crippen LogP) is 5.95. The molecule has 7 atom stereocenters. The lowest BCUT2D eigenvalue weighted by Gasteiger charge is -2.52. The Balaban J connectivity index is 1.91. The molecule has 1 saturated heterocycles. The van der Waals surface area contributed by atoms with Gasteiger partial charge in [0.05, 0.1) is 0 Å². The Labute approximate surface area is 185 Å². The van der Waals surface area contributed by atoms with E-state index < -0.39 is 47.7 Å². The van der Waals surface area contributed by atoms with Crippen LogP contribution in [0.3, 0.4) is 0 Å². The molecule has 2 aliphatic carbocycles. The van der Waals surface area contributed by atoms with Gasteiger partial charge in [0.15, 0.2) is 0 Å². The van der Waals surface area contributed by atoms with Gasteiger partial charge in [-0.25, -0.2) is 0 Å². The molecule has 2 bridgehead atoms. The molecular formula is C22H32BF6O3. The fourth-order valence-corrected chi connectivity index (χ4v) is 6.34. The third kappa shape index (κ3) is 4.29. The summed E-state index contributed by atoms with van der Waals surface area (Å²) in [6, 6.07) is 0. The molecule has 1 radical (unpaired) electrons. The third-order valence-electron chi connectivity index (χ3n) is 8.25. The summed E-state index contributed by atoms with van der Waals surface area (Å²) in [5.74, 6) is -1.22. The van der Waals surface area contributed by atoms with E-state index in [1.54, 1.807) is 7.28 Å². The minimum Gasteiger partial charge on any atom is -0.462 e. The van der Waals surface area contributed by atoms with E-state index in [2.05, 4.69) is 0 Å². The number of ether oxygens (including phenoxy) is 1. The molecule has 10 heteroatoms. The third-order valence-corrected chi connectivity index (χ3v) is 8.25. The first-order chi connectivity index (χ1) is 14.5. The normalized spacial score (nSPS) is 36.1. The molecule has 1 heterocycles. The van der Waals surface area contributed by atoms with Gasteiger partial charge in [-0.3, -0.25) is 4.79 Å². The second-order valence-electron chi connectivity index (χ2n) is 10.8. The number of carbonyl (C=O) groups excluding carboxylic acids is 1. The Hall–Kier alpha value is -0.925. The molecule has 0 aromatic heterocycles. The van der Waals surface area contributed by atoms with E-state index in [1.807, 2.05) is 27.7 Å². The molecule has 3 rings (SSSR count). The fourth-order valence-electron chi connectivity index (χ4n) is 6.34. The summed E-state index contributed by atoms with van der Waals surface area (Å²) in [6.45, 7) is 7.56. The van der Waals surface area contributed by atoms with Gasteiger partial charge in [0, 0.05) is 11.7 Å². The maximum Gasteiger partial charge on any atom is 0.426 e. The Morgan fingerprint density at radius 3 is 2.06 bits per heavy atom. The molecule has 3 nitrogen and oxygen atoms in total. The minimum atomic E-state index is -5.94. The zero-order chi connectivity index (χ0) is 24.3. The van der Waals surface area contributed by atoms with E-state index in [1.165, 1.54) is 0 Å². The Bertz CT molecular complexity index is 695. The summed E-state index contributed by atoms with van der Waals surface area (Å²) in [5, 5.41) is 8.83. The van der Waals surface area contributed by atoms with E-state index in [9.17, 15) is 36.2 Å². The quantitative estimate of drug-likeness (QED) is 0.285. The molecule has 7 unspecified atom stereocenters. The number of hydrogen-bond donors (Lipinski definition) is 1. The van der Waals surface area contributed by atoms with Gasteiger partial charge in [0.2, 0.25) is 0 Å². The molecule has 3 fully saturated rings. The van der Waals surface area contributed by atoms with Crippen molar-refractivity contribution in [2.24, 2.45) is 29.6 Å². The Morgan fingerprint density at radius 2 is 1.69 bits per heavy atom. The van der Waals surface area contributed by atoms with Gasteiger partial charge < -0.3 is 9.84 Å². The summed E-state index contributed by atoms with van der Waals surface area (Å²) < 4.78 is 86.3. The van der Waals surface area contributed by atoms with Gasteiger partial charge in [0.1, 0.15) is 13.4 Å². The van der Waals surface area contributed by atoms with Crippen LogP contribution in [0.2, 0.25) is 11.1 Å². The number of alkyl halides is 6. The molecule has 0 amide bonds. The average molecular weight is 469 g/mol. The molecule has 0 aromatic carbocycles. The molecule has 1 aliphatic heterocycles. The van der Waals surface area contributed by atoms with Crippen molar-refractivity contribution in [1.29, 1.82) is 0 Å². The second kappa shape index (κ2) is 8.38. The maximum atomic E-state index is 13.5. The van der Waals surface area contributed by atoms with Crippen molar-refractivity contribution in [3.8, 4) is 0 Å². The number of carbonyl (C=O) groups is 1. The highest BCUT2D eigenvalue weighted by Gasteiger charge is 2.71. The van der Waals surface area contributed by atoms with Gasteiger partial charge in [0.25, 0.3) is 5.60 Å². The van der Waals surface area contributed by atoms with Crippen LogP contribution in [0.4, 0.5) is 26.3 Å². The van der Waals surface area contributed by atoms with Crippen molar-refractivity contribution >= 4 is 13.2 Å². The maximum absolute atomic E-state index is 13.5. The van der Waals surface area contributed by atoms with Crippen molar-refractivity contribution in [2.45, 2.75) is 101 Å². The largest absolute Gasteiger partial charge is 0.462 e. The van der Waals surface area contributed by atoms with E-state index in [0.717, 1.165) is 6.42 Å². The van der Waals surface area contributed by atoms with Crippen LogP contribution in [0, 0.1) is 29.6 Å². The monoisotopic (exact) mass is 469 g/mol. The lowest BCUT2D eigenvalue weighted by atomic mass is 9.26. The summed E-state index contributed by atoms with van der Waals surface area (Å²) in [4.78, 5) is 13.3. The SMILES string of the molecule is CC(C)CC1(C(=O)OC(CC(O)(C(F)(F)F)C(F)(F)F)C2CC3CCC2C3)[B]C(C)C1C. The van der Waals surface area contributed by atoms with Crippen molar-refractivity contribution < 1.29 is 41.0 Å². The van der Waals surface area contributed by atoms with Crippen LogP contribution in [0.1, 0.15) is 66.2 Å². The molecule has 32 heavy (non-hydrogen) atoms. The number of halogens is 6. The minimum absolute atomic E-state index is 0.0805. The Morgan fingerprint density at radius 1 is 1.09 bits per heavy atom. The molecule has 0 spiro atoms. The summed E-state index contributed by atoms with van der Waals surface area (Å²) in [6.07, 6.45) is -12.1. The van der Waals surface area contributed by atoms with Gasteiger partial charge in [-0.1, -0.05) is 39.9 Å². The smallest absolute Gasteiger partial charge is 0.426 e. The zero-order valence-corrected chi connectivity index (χ0v) is 18.9. The van der Waals surface area contributed by atoms with Crippen LogP contribution in [0.25, 0.3) is 0 Å². The number of esters is 1. The molecule has 0 aromatic rings. The fraction of sp³-hybridized carbons (Fsp3) is 0.955. The highest BCUT2D eigenvalue weighted by Crippen LogP contribution is 2.60. The van der Waals surface area contributed by atoms with Crippen LogP contribution < -0.4 is 0 Å². The molecule has 2 saturated carbocycles. The number of aliphatic hydroxyl groups is 1. The number of hydrogen-bond acceptors (Lipinski definition) is 3. The summed E-state index contributed by atoms with van der Waals surface area (Å²) >= 11 is 0. The summed E-state index contributed by atoms with van der Waals surface area (Å²) in [7, 11) is 1.80. The first-order valence-electron chi connectivity index (χ1n) is 11.4. The molecular weight excluding hydrogens is 437 g/mol. The highest BCUT2D eigenvalue weighted by atomic mass is 19.4. The van der Waals surface area contributed by atoms with Crippen LogP contribution >= 0.6 is 0 Å². The second-order valence-corrected chi connectivity index (χ2v) is 10.8. The van der Waals surface area contributed by atoms with Crippen LogP contribution in [0.15, 0.2) is 0 Å². The summed E-state index contributed by atoms with van der Waals surface area (Å²) in [5.41, 5.74) is -4.93. The highest BCUT2D eigenvalue weighted by molar-refractivity contribution is 6.53. The van der Waals surface area contributed by atoms with E-state index in [0.29, 0.717) is 25.7 Å². The van der Waals surface area contributed by atoms with Gasteiger partial charge in [-0.2, -0.15) is 26.3 Å². The van der Waals surface area contributed by atoms with Crippen LogP contribution in [-0.2, 0) is 9.53 Å². The Kier molecular flexibility index (Phi) is 6.73. The molecule has 3 aliphatic rings. The zero-order valence-electron chi connectivity index (χ0n) is 18.9. The van der Waals surface area contributed by atoms with E-state index in [-0.39, 0.29) is 29.5 Å². The number of fused-ring (bicyclic) bond motifs is 2. The van der Waals surface area contributed by atoms with Crippen LogP contribution in [-0.4, -0.2) is 42.4 Å². The predicted molar refractivity (Wildman–Crippen MR) is 107 cm³/mol. The van der Waals surface area contributed by atoms with Crippen LogP contribution in [0.5, 0.6) is 0 Å². The van der Waals surface area contributed by atoms with E-state index >= 15 is 0 Å². The van der Waals surface area contributed by atoms with Crippen molar-refractivity contribution in [3.05, 3.63) is 0 Å². The first kappa shape index (κ1) is 25.7. The molecule has 183 valence electrons. The molecule has 1 N–H and O–H groups in total. The van der Waals surface area contributed by atoms with Crippen molar-refractivity contribution in [1.82, 2.24) is 0 Å². The van der Waals surface area contributed by atoms with E-state index in [4.69, 9.17) is 4.74 Å². The van der Waals surface area contributed by atoms with Crippen molar-refractivity contribution in [3.63, 3.8) is 0 Å². The van der Waals surface area contributed by atoms with Gasteiger partial charge in [-0.15, -0.1) is 0 Å². The topological polar surface area (TPSA) is 46.5 Å².